The fourth-order valence-electron chi connectivity index (χ4n) is 4.24. The molecule has 0 saturated carbocycles. The predicted molar refractivity (Wildman–Crippen MR) is 118 cm³/mol. The van der Waals surface area contributed by atoms with Gasteiger partial charge in [-0.1, -0.05) is 5.10 Å². The average Bonchev–Trinajstić information content (AvgIpc) is 3.53. The van der Waals surface area contributed by atoms with Crippen LogP contribution in [0.4, 0.5) is 9.52 Å². The van der Waals surface area contributed by atoms with Gasteiger partial charge in [0.05, 0.1) is 42.3 Å². The van der Waals surface area contributed by atoms with E-state index >= 15 is 4.39 Å². The number of hydrogen-bond donors (Lipinski definition) is 1. The summed E-state index contributed by atoms with van der Waals surface area (Å²) < 4.78 is 32.1. The van der Waals surface area contributed by atoms with E-state index in [-0.39, 0.29) is 46.0 Å². The molecule has 2 aliphatic rings. The van der Waals surface area contributed by atoms with Crippen molar-refractivity contribution in [2.24, 2.45) is 0 Å². The maximum atomic E-state index is 15.1. The summed E-state index contributed by atoms with van der Waals surface area (Å²) >= 11 is 1.13. The van der Waals surface area contributed by atoms with E-state index in [1.54, 1.807) is 19.9 Å². The molecule has 2 fully saturated rings. The predicted octanol–water partition coefficient (Wildman–Crippen LogP) is 3.71. The van der Waals surface area contributed by atoms with Gasteiger partial charge < -0.3 is 14.2 Å². The highest BCUT2D eigenvalue weighted by molar-refractivity contribution is 7.17. The lowest BCUT2D eigenvalue weighted by Crippen LogP contribution is -2.28. The van der Waals surface area contributed by atoms with Crippen molar-refractivity contribution >= 4 is 22.4 Å². The summed E-state index contributed by atoms with van der Waals surface area (Å²) in [7, 11) is 1.42. The fraction of sp³-hybridized carbons (Fsp3) is 0.409. The second-order valence-corrected chi connectivity index (χ2v) is 9.01. The Hall–Kier alpha value is -3.18. The second-order valence-electron chi connectivity index (χ2n) is 8.07. The molecule has 11 heteroatoms. The topological polar surface area (TPSA) is 108 Å². The molecule has 2 saturated heterocycles. The highest BCUT2D eigenvalue weighted by Crippen LogP contribution is 2.38. The van der Waals surface area contributed by atoms with E-state index in [4.69, 9.17) is 14.2 Å². The molecule has 2 aliphatic heterocycles. The second kappa shape index (κ2) is 8.64. The maximum absolute atomic E-state index is 15.1. The first-order valence-electron chi connectivity index (χ1n) is 10.6. The Labute approximate surface area is 193 Å². The molecule has 3 aromatic rings. The number of amides is 1. The zero-order valence-electron chi connectivity index (χ0n) is 18.3. The van der Waals surface area contributed by atoms with Crippen molar-refractivity contribution in [2.45, 2.75) is 51.4 Å². The third-order valence-electron chi connectivity index (χ3n) is 5.86. The first-order chi connectivity index (χ1) is 15.9. The Morgan fingerprint density at radius 3 is 2.82 bits per heavy atom. The Morgan fingerprint density at radius 2 is 2.09 bits per heavy atom. The SMILES string of the molecule is COc1cnc(C)c(F)c1-c1cc(C)ncc1C(=O)Nc1nnc(O[C@H]2C[C@@H]3CC[C@H]2O3)s1. The van der Waals surface area contributed by atoms with Crippen molar-refractivity contribution in [1.29, 1.82) is 0 Å². The molecule has 0 unspecified atom stereocenters. The van der Waals surface area contributed by atoms with Gasteiger partial charge in [0.15, 0.2) is 5.82 Å². The minimum atomic E-state index is -0.561. The van der Waals surface area contributed by atoms with Gasteiger partial charge in [0.2, 0.25) is 5.13 Å². The highest BCUT2D eigenvalue weighted by atomic mass is 32.1. The summed E-state index contributed by atoms with van der Waals surface area (Å²) in [6.07, 6.45) is 6.02. The van der Waals surface area contributed by atoms with E-state index in [0.29, 0.717) is 16.5 Å². The van der Waals surface area contributed by atoms with Crippen LogP contribution in [0.25, 0.3) is 11.1 Å². The highest BCUT2D eigenvalue weighted by Gasteiger charge is 2.42. The number of hydrogen-bond acceptors (Lipinski definition) is 9. The van der Waals surface area contributed by atoms with Gasteiger partial charge in [-0.3, -0.25) is 20.1 Å². The molecular weight excluding hydrogens is 449 g/mol. The zero-order chi connectivity index (χ0) is 23.1. The van der Waals surface area contributed by atoms with Crippen LogP contribution in [0.1, 0.15) is 41.0 Å². The molecule has 1 N–H and O–H groups in total. The number of ether oxygens (including phenoxy) is 3. The molecule has 0 aliphatic carbocycles. The zero-order valence-corrected chi connectivity index (χ0v) is 19.1. The summed E-state index contributed by atoms with van der Waals surface area (Å²) in [5.41, 5.74) is 1.49. The number of fused-ring (bicyclic) bond motifs is 2. The molecule has 1 amide bonds. The van der Waals surface area contributed by atoms with Crippen molar-refractivity contribution in [3.8, 4) is 22.1 Å². The number of methoxy groups -OCH3 is 1. The number of carbonyl (C=O) groups is 1. The van der Waals surface area contributed by atoms with Gasteiger partial charge in [-0.15, -0.1) is 5.10 Å². The van der Waals surface area contributed by atoms with Crippen LogP contribution < -0.4 is 14.8 Å². The molecule has 9 nitrogen and oxygen atoms in total. The number of aryl methyl sites for hydroxylation is 2. The van der Waals surface area contributed by atoms with E-state index in [9.17, 15) is 4.79 Å². The Balaban J connectivity index is 1.39. The van der Waals surface area contributed by atoms with Gasteiger partial charge >= 0.3 is 0 Å². The number of carbonyl (C=O) groups excluding carboxylic acids is 1. The van der Waals surface area contributed by atoms with Crippen molar-refractivity contribution in [2.75, 3.05) is 12.4 Å². The van der Waals surface area contributed by atoms with Crippen LogP contribution in [0, 0.1) is 19.7 Å². The maximum Gasteiger partial charge on any atom is 0.296 e. The van der Waals surface area contributed by atoms with Gasteiger partial charge in [-0.05, 0) is 44.1 Å². The number of nitrogens with one attached hydrogen (secondary N) is 1. The largest absolute Gasteiger partial charge is 0.494 e. The minimum absolute atomic E-state index is 0.0430. The van der Waals surface area contributed by atoms with Crippen molar-refractivity contribution in [3.63, 3.8) is 0 Å². The third kappa shape index (κ3) is 4.13. The molecule has 172 valence electrons. The number of pyridine rings is 2. The van der Waals surface area contributed by atoms with Crippen LogP contribution in [0.15, 0.2) is 18.5 Å². The molecule has 0 spiro atoms. The van der Waals surface area contributed by atoms with Crippen LogP contribution in [-0.4, -0.2) is 51.5 Å². The van der Waals surface area contributed by atoms with Crippen LogP contribution in [0.2, 0.25) is 0 Å². The van der Waals surface area contributed by atoms with E-state index in [1.165, 1.54) is 19.5 Å². The van der Waals surface area contributed by atoms with Crippen LogP contribution in [-0.2, 0) is 4.74 Å². The fourth-order valence-corrected chi connectivity index (χ4v) is 4.88. The quantitative estimate of drug-likeness (QED) is 0.580. The summed E-state index contributed by atoms with van der Waals surface area (Å²) in [6.45, 7) is 3.31. The number of halogens is 1. The van der Waals surface area contributed by atoms with Gasteiger partial charge in [-0.2, -0.15) is 0 Å². The van der Waals surface area contributed by atoms with Crippen LogP contribution in [0.5, 0.6) is 10.9 Å². The summed E-state index contributed by atoms with van der Waals surface area (Å²) in [6, 6.07) is 1.64. The first-order valence-corrected chi connectivity index (χ1v) is 11.4. The molecule has 5 heterocycles. The Morgan fingerprint density at radius 1 is 1.24 bits per heavy atom. The molecule has 0 radical (unpaired) electrons. The summed E-state index contributed by atoms with van der Waals surface area (Å²) in [5.74, 6) is -0.842. The van der Waals surface area contributed by atoms with Gasteiger partial charge in [0, 0.05) is 23.9 Å². The molecule has 2 bridgehead atoms. The molecule has 0 aromatic carbocycles. The van der Waals surface area contributed by atoms with Crippen molar-refractivity contribution in [3.05, 3.63) is 41.2 Å². The lowest BCUT2D eigenvalue weighted by molar-refractivity contribution is 0.0636. The first kappa shape index (κ1) is 21.7. The molecule has 33 heavy (non-hydrogen) atoms. The van der Waals surface area contributed by atoms with Crippen LogP contribution in [0.3, 0.4) is 0 Å². The molecule has 3 aromatic heterocycles. The third-order valence-corrected chi connectivity index (χ3v) is 6.59. The molecule has 5 rings (SSSR count). The van der Waals surface area contributed by atoms with Crippen molar-refractivity contribution < 1.29 is 23.4 Å². The summed E-state index contributed by atoms with van der Waals surface area (Å²) in [4.78, 5) is 21.3. The monoisotopic (exact) mass is 471 g/mol. The van der Waals surface area contributed by atoms with E-state index < -0.39 is 11.7 Å². The summed E-state index contributed by atoms with van der Waals surface area (Å²) in [5, 5.41) is 11.4. The Kier molecular flexibility index (Phi) is 5.67. The number of aromatic nitrogens is 4. The Bertz CT molecular complexity index is 1220. The lowest BCUT2D eigenvalue weighted by atomic mass is 9.98. The smallest absolute Gasteiger partial charge is 0.296 e. The van der Waals surface area contributed by atoms with Crippen molar-refractivity contribution in [1.82, 2.24) is 20.2 Å². The van der Waals surface area contributed by atoms with Crippen LogP contribution >= 0.6 is 11.3 Å². The van der Waals surface area contributed by atoms with E-state index in [1.807, 2.05) is 0 Å². The number of anilines is 1. The molecular formula is C22H22FN5O4S. The molecule has 3 atom stereocenters. The van der Waals surface area contributed by atoms with Gasteiger partial charge in [-0.25, -0.2) is 4.39 Å². The van der Waals surface area contributed by atoms with Gasteiger partial charge in [0.1, 0.15) is 11.9 Å². The standard InChI is InChI=1S/C22H22FN5O4S/c1-10-6-13(18-17(30-3)9-25-11(2)19(18)23)14(8-24-10)20(29)26-21-27-28-22(33-21)32-16-7-12-4-5-15(16)31-12/h6,8-9,12,15-16H,4-5,7H2,1-3H3,(H,26,27,29)/t12-,15+,16-/m0/s1. The average molecular weight is 472 g/mol. The normalized spacial score (nSPS) is 21.3. The number of nitrogens with zero attached hydrogens (tertiary/aromatic N) is 4. The number of rotatable bonds is 6. The lowest BCUT2D eigenvalue weighted by Gasteiger charge is -2.17. The van der Waals surface area contributed by atoms with Gasteiger partial charge in [0.25, 0.3) is 11.1 Å². The minimum Gasteiger partial charge on any atom is -0.494 e. The van der Waals surface area contributed by atoms with E-state index in [2.05, 4.69) is 25.5 Å². The van der Waals surface area contributed by atoms with E-state index in [0.717, 1.165) is 30.6 Å².